The van der Waals surface area contributed by atoms with Crippen molar-refractivity contribution in [2.24, 2.45) is 0 Å². The molecule has 0 radical (unpaired) electrons. The number of amides is 1. The molecule has 0 saturated heterocycles. The van der Waals surface area contributed by atoms with Crippen LogP contribution in [0.1, 0.15) is 39.0 Å². The van der Waals surface area contributed by atoms with E-state index >= 15 is 0 Å². The van der Waals surface area contributed by atoms with Gasteiger partial charge in [0.2, 0.25) is 5.91 Å². The Balaban J connectivity index is 2.33. The topological polar surface area (TPSA) is 55.4 Å². The van der Waals surface area contributed by atoms with Gasteiger partial charge in [0.1, 0.15) is 11.8 Å². The Hall–Kier alpha value is -1.32. The Morgan fingerprint density at radius 1 is 1.27 bits per heavy atom. The van der Waals surface area contributed by atoms with Crippen LogP contribution < -0.4 is 5.32 Å². The molecular formula is C11H17NO3. The zero-order valence-corrected chi connectivity index (χ0v) is 9.04. The lowest BCUT2D eigenvalue weighted by atomic mass is 9.98. The van der Waals surface area contributed by atoms with Gasteiger partial charge in [-0.1, -0.05) is 13.0 Å². The van der Waals surface area contributed by atoms with Gasteiger partial charge >= 0.3 is 5.97 Å². The van der Waals surface area contributed by atoms with Gasteiger partial charge in [-0.25, -0.2) is 4.79 Å². The lowest BCUT2D eigenvalue weighted by Crippen LogP contribution is -2.29. The molecule has 0 aliphatic heterocycles. The highest BCUT2D eigenvalue weighted by Crippen LogP contribution is 2.20. The molecule has 1 aliphatic carbocycles. The molecule has 1 aliphatic rings. The number of carbonyl (C=O) groups excluding carboxylic acids is 2. The molecule has 1 N–H and O–H groups in total. The maximum Gasteiger partial charge on any atom is 0.354 e. The summed E-state index contributed by atoms with van der Waals surface area (Å²) in [5.41, 5.74) is 0.0214. The molecule has 4 heteroatoms. The molecule has 15 heavy (non-hydrogen) atoms. The number of esters is 1. The van der Waals surface area contributed by atoms with Crippen LogP contribution in [0.3, 0.4) is 0 Å². The van der Waals surface area contributed by atoms with Gasteiger partial charge in [-0.3, -0.25) is 4.79 Å². The van der Waals surface area contributed by atoms with E-state index in [1.807, 2.05) is 0 Å². The van der Waals surface area contributed by atoms with Gasteiger partial charge in [0.25, 0.3) is 0 Å². The first kappa shape index (κ1) is 11.8. The van der Waals surface area contributed by atoms with Crippen LogP contribution in [0.5, 0.6) is 0 Å². The third-order valence-electron chi connectivity index (χ3n) is 2.40. The molecule has 0 spiro atoms. The van der Waals surface area contributed by atoms with E-state index in [0.717, 1.165) is 25.7 Å². The summed E-state index contributed by atoms with van der Waals surface area (Å²) in [5, 5.41) is 2.32. The lowest BCUT2D eigenvalue weighted by molar-refractivity contribution is -0.146. The minimum Gasteiger partial charge on any atom is -0.458 e. The summed E-state index contributed by atoms with van der Waals surface area (Å²) in [6.45, 7) is 4.79. The fourth-order valence-electron chi connectivity index (χ4n) is 1.67. The molecule has 0 bridgehead atoms. The van der Waals surface area contributed by atoms with Gasteiger partial charge in [0.15, 0.2) is 0 Å². The molecule has 0 aromatic heterocycles. The van der Waals surface area contributed by atoms with Crippen molar-refractivity contribution in [1.29, 1.82) is 0 Å². The van der Waals surface area contributed by atoms with Crippen molar-refractivity contribution in [3.8, 4) is 0 Å². The van der Waals surface area contributed by atoms with E-state index in [0.29, 0.717) is 0 Å². The van der Waals surface area contributed by atoms with Gasteiger partial charge in [-0.2, -0.15) is 0 Å². The number of hydrogen-bond donors (Lipinski definition) is 1. The molecule has 1 saturated carbocycles. The van der Waals surface area contributed by atoms with Crippen LogP contribution in [0.2, 0.25) is 0 Å². The normalized spacial score (nSPS) is 16.9. The van der Waals surface area contributed by atoms with Crippen LogP contribution in [0.15, 0.2) is 12.3 Å². The lowest BCUT2D eigenvalue weighted by Gasteiger charge is -2.22. The van der Waals surface area contributed by atoms with Crippen LogP contribution in [-0.2, 0) is 14.3 Å². The second-order valence-electron chi connectivity index (χ2n) is 3.83. The van der Waals surface area contributed by atoms with Crippen molar-refractivity contribution >= 4 is 11.9 Å². The molecule has 0 aromatic carbocycles. The third-order valence-corrected chi connectivity index (χ3v) is 2.40. The summed E-state index contributed by atoms with van der Waals surface area (Å²) >= 11 is 0. The summed E-state index contributed by atoms with van der Waals surface area (Å²) < 4.78 is 5.20. The number of rotatable bonds is 3. The highest BCUT2D eigenvalue weighted by atomic mass is 16.5. The van der Waals surface area contributed by atoms with Crippen molar-refractivity contribution in [3.63, 3.8) is 0 Å². The van der Waals surface area contributed by atoms with Gasteiger partial charge < -0.3 is 10.1 Å². The first-order valence-electron chi connectivity index (χ1n) is 5.27. The van der Waals surface area contributed by atoms with Crippen molar-refractivity contribution in [1.82, 2.24) is 5.32 Å². The third kappa shape index (κ3) is 4.14. The second-order valence-corrected chi connectivity index (χ2v) is 3.83. The van der Waals surface area contributed by atoms with E-state index in [2.05, 4.69) is 11.9 Å². The quantitative estimate of drug-likeness (QED) is 0.568. The Morgan fingerprint density at radius 2 is 1.87 bits per heavy atom. The molecule has 84 valence electrons. The van der Waals surface area contributed by atoms with Crippen LogP contribution in [-0.4, -0.2) is 18.0 Å². The van der Waals surface area contributed by atoms with Crippen molar-refractivity contribution in [2.75, 3.05) is 0 Å². The number of carbonyl (C=O) groups is 2. The van der Waals surface area contributed by atoms with E-state index in [9.17, 15) is 9.59 Å². The Morgan fingerprint density at radius 3 is 2.40 bits per heavy atom. The standard InChI is InChI=1S/C11H17NO3/c1-8(12-9(2)13)11(14)15-10-6-4-3-5-7-10/h10H,1,3-7H2,2H3,(H,12,13). The predicted molar refractivity (Wildman–Crippen MR) is 55.9 cm³/mol. The highest BCUT2D eigenvalue weighted by Gasteiger charge is 2.19. The van der Waals surface area contributed by atoms with Crippen LogP contribution in [0.25, 0.3) is 0 Å². The Kier molecular flexibility index (Phi) is 4.34. The second kappa shape index (κ2) is 5.53. The molecular weight excluding hydrogens is 194 g/mol. The summed E-state index contributed by atoms with van der Waals surface area (Å²) in [4.78, 5) is 22.1. The van der Waals surface area contributed by atoms with E-state index in [1.165, 1.54) is 13.3 Å². The minimum atomic E-state index is -0.517. The van der Waals surface area contributed by atoms with Gasteiger partial charge in [-0.05, 0) is 25.7 Å². The first-order valence-corrected chi connectivity index (χ1v) is 5.27. The van der Waals surface area contributed by atoms with Crippen molar-refractivity contribution in [2.45, 2.75) is 45.1 Å². The van der Waals surface area contributed by atoms with Crippen LogP contribution in [0, 0.1) is 0 Å². The van der Waals surface area contributed by atoms with E-state index in [1.54, 1.807) is 0 Å². The SMILES string of the molecule is C=C(NC(C)=O)C(=O)OC1CCCCC1. The number of hydrogen-bond acceptors (Lipinski definition) is 3. The predicted octanol–water partition coefficient (Wildman–Crippen LogP) is 1.51. The number of nitrogens with one attached hydrogen (secondary N) is 1. The van der Waals surface area contributed by atoms with E-state index < -0.39 is 5.97 Å². The maximum absolute atomic E-state index is 11.4. The highest BCUT2D eigenvalue weighted by molar-refractivity contribution is 5.92. The van der Waals surface area contributed by atoms with E-state index in [-0.39, 0.29) is 17.7 Å². The van der Waals surface area contributed by atoms with E-state index in [4.69, 9.17) is 4.74 Å². The zero-order valence-electron chi connectivity index (χ0n) is 9.04. The summed E-state index contributed by atoms with van der Waals surface area (Å²) in [6, 6.07) is 0. The summed E-state index contributed by atoms with van der Waals surface area (Å²) in [5.74, 6) is -0.822. The molecule has 1 amide bonds. The Bertz CT molecular complexity index is 267. The van der Waals surface area contributed by atoms with Crippen LogP contribution in [0.4, 0.5) is 0 Å². The fraction of sp³-hybridized carbons (Fsp3) is 0.636. The van der Waals surface area contributed by atoms with Crippen molar-refractivity contribution < 1.29 is 14.3 Å². The monoisotopic (exact) mass is 211 g/mol. The largest absolute Gasteiger partial charge is 0.458 e. The van der Waals surface area contributed by atoms with Crippen LogP contribution >= 0.6 is 0 Å². The molecule has 4 nitrogen and oxygen atoms in total. The Labute approximate surface area is 89.7 Å². The average molecular weight is 211 g/mol. The molecule has 0 unspecified atom stereocenters. The number of ether oxygens (including phenoxy) is 1. The minimum absolute atomic E-state index is 0.00300. The molecule has 0 aromatic rings. The maximum atomic E-state index is 11.4. The fourth-order valence-corrected chi connectivity index (χ4v) is 1.67. The molecule has 0 atom stereocenters. The van der Waals surface area contributed by atoms with Crippen molar-refractivity contribution in [3.05, 3.63) is 12.3 Å². The molecule has 1 fully saturated rings. The molecule has 0 heterocycles. The van der Waals surface area contributed by atoms with Gasteiger partial charge in [-0.15, -0.1) is 0 Å². The average Bonchev–Trinajstić information content (AvgIpc) is 2.18. The smallest absolute Gasteiger partial charge is 0.354 e. The zero-order chi connectivity index (χ0) is 11.3. The summed E-state index contributed by atoms with van der Waals surface area (Å²) in [6.07, 6.45) is 5.24. The summed E-state index contributed by atoms with van der Waals surface area (Å²) in [7, 11) is 0. The first-order chi connectivity index (χ1) is 7.09. The van der Waals surface area contributed by atoms with Gasteiger partial charge in [0, 0.05) is 6.92 Å². The molecule has 1 rings (SSSR count). The van der Waals surface area contributed by atoms with Gasteiger partial charge in [0.05, 0.1) is 0 Å².